The Kier molecular flexibility index (Phi) is 3.77. The molecule has 2 aromatic rings. The van der Waals surface area contributed by atoms with Crippen LogP contribution in [0.3, 0.4) is 0 Å². The van der Waals surface area contributed by atoms with Gasteiger partial charge in [0.15, 0.2) is 0 Å². The molecule has 0 aromatic carbocycles. The number of hydrogen-bond acceptors (Lipinski definition) is 4. The molecule has 2 aromatic heterocycles. The van der Waals surface area contributed by atoms with Crippen molar-refractivity contribution in [3.05, 3.63) is 47.2 Å². The second-order valence-corrected chi connectivity index (χ2v) is 4.52. The van der Waals surface area contributed by atoms with Gasteiger partial charge in [-0.15, -0.1) is 0 Å². The smallest absolute Gasteiger partial charge is 0.121 e. The number of nitrogens with two attached hydrogens (primary N) is 1. The third-order valence-corrected chi connectivity index (χ3v) is 3.33. The summed E-state index contributed by atoms with van der Waals surface area (Å²) in [6.45, 7) is 0.506. The van der Waals surface area contributed by atoms with Gasteiger partial charge >= 0.3 is 0 Å². The molecule has 0 bridgehead atoms. The molecular formula is C11H10ClN3S. The van der Waals surface area contributed by atoms with Crippen LogP contribution in [-0.2, 0) is 6.54 Å². The Morgan fingerprint density at radius 2 is 2.12 bits per heavy atom. The van der Waals surface area contributed by atoms with Crippen LogP contribution in [0.25, 0.3) is 0 Å². The van der Waals surface area contributed by atoms with Gasteiger partial charge in [-0.25, -0.2) is 9.97 Å². The summed E-state index contributed by atoms with van der Waals surface area (Å²) in [5.41, 5.74) is 6.61. The highest BCUT2D eigenvalue weighted by molar-refractivity contribution is 7.99. The van der Waals surface area contributed by atoms with Gasteiger partial charge in [0.05, 0.1) is 5.02 Å². The van der Waals surface area contributed by atoms with Crippen molar-refractivity contribution < 1.29 is 0 Å². The second kappa shape index (κ2) is 5.30. The predicted molar refractivity (Wildman–Crippen MR) is 65.5 cm³/mol. The van der Waals surface area contributed by atoms with E-state index in [-0.39, 0.29) is 0 Å². The largest absolute Gasteiger partial charge is 0.326 e. The van der Waals surface area contributed by atoms with E-state index in [0.29, 0.717) is 11.6 Å². The van der Waals surface area contributed by atoms with Crippen molar-refractivity contribution >= 4 is 23.4 Å². The molecule has 0 amide bonds. The Bertz CT molecular complexity index is 490. The maximum absolute atomic E-state index is 6.01. The Hall–Kier alpha value is -1.10. The molecule has 0 saturated carbocycles. The van der Waals surface area contributed by atoms with E-state index < -0.39 is 0 Å². The standard InChI is InChI=1S/C11H10ClN3S/c12-9-2-1-4-15-11(9)16-10-6-8(7-13)3-5-14-10/h1-6H,7,13H2. The minimum Gasteiger partial charge on any atom is -0.326 e. The van der Waals surface area contributed by atoms with Crippen molar-refractivity contribution in [3.63, 3.8) is 0 Å². The first kappa shape index (κ1) is 11.4. The first-order valence-electron chi connectivity index (χ1n) is 4.73. The number of aromatic nitrogens is 2. The highest BCUT2D eigenvalue weighted by atomic mass is 35.5. The summed E-state index contributed by atoms with van der Waals surface area (Å²) in [7, 11) is 0. The molecule has 3 nitrogen and oxygen atoms in total. The fourth-order valence-corrected chi connectivity index (χ4v) is 2.22. The lowest BCUT2D eigenvalue weighted by Gasteiger charge is -2.03. The third-order valence-electron chi connectivity index (χ3n) is 1.96. The summed E-state index contributed by atoms with van der Waals surface area (Å²) in [5.74, 6) is 0. The molecule has 0 atom stereocenters. The number of nitrogens with zero attached hydrogens (tertiary/aromatic N) is 2. The van der Waals surface area contributed by atoms with Gasteiger partial charge in [0.25, 0.3) is 0 Å². The monoisotopic (exact) mass is 251 g/mol. The maximum Gasteiger partial charge on any atom is 0.121 e. The van der Waals surface area contributed by atoms with Crippen LogP contribution >= 0.6 is 23.4 Å². The van der Waals surface area contributed by atoms with Crippen molar-refractivity contribution in [2.45, 2.75) is 16.6 Å². The average molecular weight is 252 g/mol. The summed E-state index contributed by atoms with van der Waals surface area (Å²) in [4.78, 5) is 8.42. The SMILES string of the molecule is NCc1ccnc(Sc2ncccc2Cl)c1. The zero-order valence-corrected chi connectivity index (χ0v) is 10.0. The molecule has 2 heterocycles. The fourth-order valence-electron chi connectivity index (χ4n) is 1.18. The molecule has 16 heavy (non-hydrogen) atoms. The predicted octanol–water partition coefficient (Wildman–Crippen LogP) is 2.74. The molecule has 82 valence electrons. The fraction of sp³-hybridized carbons (Fsp3) is 0.0909. The highest BCUT2D eigenvalue weighted by Gasteiger charge is 2.04. The Morgan fingerprint density at radius 1 is 1.25 bits per heavy atom. The van der Waals surface area contributed by atoms with Gasteiger partial charge < -0.3 is 5.73 Å². The van der Waals surface area contributed by atoms with E-state index in [2.05, 4.69) is 9.97 Å². The molecule has 2 N–H and O–H groups in total. The van der Waals surface area contributed by atoms with Crippen LogP contribution in [0.15, 0.2) is 46.7 Å². The van der Waals surface area contributed by atoms with Crippen LogP contribution in [0, 0.1) is 0 Å². The summed E-state index contributed by atoms with van der Waals surface area (Å²) >= 11 is 7.45. The number of hydrogen-bond donors (Lipinski definition) is 1. The van der Waals surface area contributed by atoms with E-state index in [9.17, 15) is 0 Å². The van der Waals surface area contributed by atoms with Crippen LogP contribution in [-0.4, -0.2) is 9.97 Å². The van der Waals surface area contributed by atoms with E-state index in [4.69, 9.17) is 17.3 Å². The Balaban J connectivity index is 2.24. The van der Waals surface area contributed by atoms with Gasteiger partial charge in [-0.3, -0.25) is 0 Å². The number of halogens is 1. The molecule has 2 rings (SSSR count). The molecule has 0 spiro atoms. The van der Waals surface area contributed by atoms with Gasteiger partial charge in [-0.2, -0.15) is 0 Å². The molecule has 0 aliphatic rings. The molecule has 0 unspecified atom stereocenters. The lowest BCUT2D eigenvalue weighted by molar-refractivity contribution is 1.01. The molecule has 5 heteroatoms. The molecule has 0 aliphatic carbocycles. The first-order chi connectivity index (χ1) is 7.79. The van der Waals surface area contributed by atoms with E-state index in [1.54, 1.807) is 18.5 Å². The zero-order chi connectivity index (χ0) is 11.4. The van der Waals surface area contributed by atoms with Crippen LogP contribution in [0.2, 0.25) is 5.02 Å². The van der Waals surface area contributed by atoms with Crippen LogP contribution in [0.1, 0.15) is 5.56 Å². The quantitative estimate of drug-likeness (QED) is 0.911. The normalized spacial score (nSPS) is 10.4. The van der Waals surface area contributed by atoms with Gasteiger partial charge in [0, 0.05) is 18.9 Å². The first-order valence-corrected chi connectivity index (χ1v) is 5.92. The minimum absolute atomic E-state index is 0.506. The topological polar surface area (TPSA) is 51.8 Å². The van der Waals surface area contributed by atoms with Crippen molar-refractivity contribution in [3.8, 4) is 0 Å². The van der Waals surface area contributed by atoms with E-state index in [1.165, 1.54) is 11.8 Å². The van der Waals surface area contributed by atoms with E-state index >= 15 is 0 Å². The van der Waals surface area contributed by atoms with E-state index in [1.807, 2.05) is 18.2 Å². The van der Waals surface area contributed by atoms with Crippen molar-refractivity contribution in [1.29, 1.82) is 0 Å². The molecular weight excluding hydrogens is 242 g/mol. The zero-order valence-electron chi connectivity index (χ0n) is 8.43. The Labute approximate surface area is 103 Å². The minimum atomic E-state index is 0.506. The lowest BCUT2D eigenvalue weighted by atomic mass is 10.3. The summed E-state index contributed by atoms with van der Waals surface area (Å²) in [5, 5.41) is 2.24. The van der Waals surface area contributed by atoms with Gasteiger partial charge in [-0.05, 0) is 41.6 Å². The molecule has 0 fully saturated rings. The van der Waals surface area contributed by atoms with Crippen molar-refractivity contribution in [1.82, 2.24) is 9.97 Å². The molecule has 0 saturated heterocycles. The van der Waals surface area contributed by atoms with Crippen molar-refractivity contribution in [2.75, 3.05) is 0 Å². The second-order valence-electron chi connectivity index (χ2n) is 3.10. The van der Waals surface area contributed by atoms with Gasteiger partial charge in [0.1, 0.15) is 10.1 Å². The molecule has 0 radical (unpaired) electrons. The number of pyridine rings is 2. The van der Waals surface area contributed by atoms with Gasteiger partial charge in [-0.1, -0.05) is 11.6 Å². The van der Waals surface area contributed by atoms with E-state index in [0.717, 1.165) is 15.6 Å². The lowest BCUT2D eigenvalue weighted by Crippen LogP contribution is -1.96. The highest BCUT2D eigenvalue weighted by Crippen LogP contribution is 2.29. The summed E-state index contributed by atoms with van der Waals surface area (Å²) < 4.78 is 0. The number of rotatable bonds is 3. The molecule has 0 aliphatic heterocycles. The van der Waals surface area contributed by atoms with Crippen LogP contribution in [0.4, 0.5) is 0 Å². The van der Waals surface area contributed by atoms with Crippen LogP contribution < -0.4 is 5.73 Å². The van der Waals surface area contributed by atoms with Crippen molar-refractivity contribution in [2.24, 2.45) is 5.73 Å². The maximum atomic E-state index is 6.01. The van der Waals surface area contributed by atoms with Gasteiger partial charge in [0.2, 0.25) is 0 Å². The summed E-state index contributed by atoms with van der Waals surface area (Å²) in [6.07, 6.45) is 3.45. The third kappa shape index (κ3) is 2.72. The van der Waals surface area contributed by atoms with Crippen LogP contribution in [0.5, 0.6) is 0 Å². The Morgan fingerprint density at radius 3 is 2.88 bits per heavy atom. The average Bonchev–Trinajstić information content (AvgIpc) is 2.32. The summed E-state index contributed by atoms with van der Waals surface area (Å²) in [6, 6.07) is 7.44.